The molecule has 1 unspecified atom stereocenters. The zero-order valence-corrected chi connectivity index (χ0v) is 9.36. The molecule has 0 spiro atoms. The topological polar surface area (TPSA) is 43.4 Å². The fraction of sp³-hybridized carbons (Fsp3) is 1.00. The maximum Gasteiger partial charge on any atom is 0.155 e. The summed E-state index contributed by atoms with van der Waals surface area (Å²) in [6.07, 6.45) is 0.884. The van der Waals surface area contributed by atoms with Crippen molar-refractivity contribution in [1.29, 1.82) is 0 Å². The Labute approximate surface area is 80.4 Å². The monoisotopic (exact) mass is 206 g/mol. The van der Waals surface area contributed by atoms with Crippen LogP contribution < -0.4 is 0 Å². The van der Waals surface area contributed by atoms with E-state index in [4.69, 9.17) is 4.74 Å². The lowest BCUT2D eigenvalue weighted by Gasteiger charge is -2.20. The van der Waals surface area contributed by atoms with Gasteiger partial charge in [-0.25, -0.2) is 8.42 Å². The van der Waals surface area contributed by atoms with Gasteiger partial charge in [-0.1, -0.05) is 0 Å². The van der Waals surface area contributed by atoms with Crippen LogP contribution in [0.1, 0.15) is 27.2 Å². The van der Waals surface area contributed by atoms with Gasteiger partial charge in [-0.15, -0.1) is 0 Å². The summed E-state index contributed by atoms with van der Waals surface area (Å²) in [7, 11) is -2.96. The average Bonchev–Trinajstić information content (AvgIpc) is 2.35. The second kappa shape index (κ2) is 3.58. The van der Waals surface area contributed by atoms with Gasteiger partial charge in [-0.05, 0) is 33.1 Å². The predicted molar refractivity (Wildman–Crippen MR) is 52.5 cm³/mol. The molecule has 0 aromatic heterocycles. The van der Waals surface area contributed by atoms with Crippen molar-refractivity contribution >= 4 is 9.84 Å². The van der Waals surface area contributed by atoms with Gasteiger partial charge in [0.25, 0.3) is 0 Å². The Balaban J connectivity index is 2.62. The average molecular weight is 206 g/mol. The van der Waals surface area contributed by atoms with Crippen molar-refractivity contribution in [3.05, 3.63) is 0 Å². The first kappa shape index (κ1) is 11.0. The summed E-state index contributed by atoms with van der Waals surface area (Å²) < 4.78 is 28.0. The van der Waals surface area contributed by atoms with Crippen LogP contribution >= 0.6 is 0 Å². The van der Waals surface area contributed by atoms with Crippen LogP contribution in [-0.4, -0.2) is 32.1 Å². The predicted octanol–water partition coefficient (Wildman–Crippen LogP) is 1.24. The Morgan fingerprint density at radius 3 is 2.38 bits per heavy atom. The van der Waals surface area contributed by atoms with Crippen LogP contribution in [0.4, 0.5) is 0 Å². The Hall–Kier alpha value is -0.0900. The van der Waals surface area contributed by atoms with Gasteiger partial charge in [0.05, 0.1) is 17.1 Å². The molecule has 4 heteroatoms. The van der Waals surface area contributed by atoms with Crippen molar-refractivity contribution in [2.45, 2.75) is 31.9 Å². The molecule has 13 heavy (non-hydrogen) atoms. The van der Waals surface area contributed by atoms with Gasteiger partial charge in [0.1, 0.15) is 0 Å². The molecule has 1 aliphatic heterocycles. The summed E-state index contributed by atoms with van der Waals surface area (Å²) in [5, 5.41) is 0. The summed E-state index contributed by atoms with van der Waals surface area (Å²) in [6, 6.07) is 0. The molecular formula is C9H18O3S. The Morgan fingerprint density at radius 2 is 2.00 bits per heavy atom. The third-order valence-electron chi connectivity index (χ3n) is 2.41. The second-order valence-corrected chi connectivity index (χ2v) is 7.41. The highest BCUT2D eigenvalue weighted by atomic mass is 32.2. The summed E-state index contributed by atoms with van der Waals surface area (Å²) in [4.78, 5) is 0. The highest BCUT2D eigenvalue weighted by Crippen LogP contribution is 2.22. The van der Waals surface area contributed by atoms with Gasteiger partial charge < -0.3 is 4.74 Å². The third kappa shape index (κ3) is 2.68. The van der Waals surface area contributed by atoms with E-state index in [1.165, 1.54) is 0 Å². The van der Waals surface area contributed by atoms with Crippen LogP contribution in [-0.2, 0) is 14.6 Å². The van der Waals surface area contributed by atoms with E-state index in [0.29, 0.717) is 13.2 Å². The molecule has 3 nitrogen and oxygen atoms in total. The summed E-state index contributed by atoms with van der Waals surface area (Å²) in [6.45, 7) is 6.56. The molecular weight excluding hydrogens is 188 g/mol. The first-order valence-corrected chi connectivity index (χ1v) is 6.28. The normalized spacial score (nSPS) is 25.0. The summed E-state index contributed by atoms with van der Waals surface area (Å²) in [5.41, 5.74) is 0. The van der Waals surface area contributed by atoms with Crippen LogP contribution in [0.25, 0.3) is 0 Å². The van der Waals surface area contributed by atoms with Gasteiger partial charge in [-0.3, -0.25) is 0 Å². The molecule has 0 N–H and O–H groups in total. The van der Waals surface area contributed by atoms with Crippen LogP contribution in [0.15, 0.2) is 0 Å². The van der Waals surface area contributed by atoms with Crippen LogP contribution in [0, 0.1) is 5.92 Å². The van der Waals surface area contributed by atoms with Gasteiger partial charge >= 0.3 is 0 Å². The molecule has 0 amide bonds. The minimum Gasteiger partial charge on any atom is -0.381 e. The van der Waals surface area contributed by atoms with Crippen LogP contribution in [0.5, 0.6) is 0 Å². The minimum absolute atomic E-state index is 0.212. The molecule has 0 aliphatic carbocycles. The number of rotatable bonds is 2. The number of sulfone groups is 1. The largest absolute Gasteiger partial charge is 0.381 e. The van der Waals surface area contributed by atoms with E-state index in [-0.39, 0.29) is 11.7 Å². The molecule has 0 aromatic rings. The van der Waals surface area contributed by atoms with E-state index >= 15 is 0 Å². The van der Waals surface area contributed by atoms with E-state index in [9.17, 15) is 8.42 Å². The SMILES string of the molecule is CC(C)(C)S(=O)(=O)CC1CCOC1. The zero-order valence-electron chi connectivity index (χ0n) is 8.54. The molecule has 1 atom stereocenters. The van der Waals surface area contributed by atoms with Crippen molar-refractivity contribution in [3.63, 3.8) is 0 Å². The first-order chi connectivity index (χ1) is 5.83. The molecule has 1 aliphatic rings. The number of ether oxygens (including phenoxy) is 1. The third-order valence-corrected chi connectivity index (χ3v) is 5.19. The van der Waals surface area contributed by atoms with Gasteiger partial charge in [-0.2, -0.15) is 0 Å². The van der Waals surface area contributed by atoms with E-state index in [0.717, 1.165) is 6.42 Å². The fourth-order valence-corrected chi connectivity index (χ4v) is 2.66. The van der Waals surface area contributed by atoms with E-state index in [2.05, 4.69) is 0 Å². The molecule has 0 saturated carbocycles. The maximum atomic E-state index is 11.8. The molecule has 78 valence electrons. The highest BCUT2D eigenvalue weighted by molar-refractivity contribution is 7.92. The summed E-state index contributed by atoms with van der Waals surface area (Å²) >= 11 is 0. The van der Waals surface area contributed by atoms with Gasteiger partial charge in [0.2, 0.25) is 0 Å². The molecule has 1 heterocycles. The molecule has 0 radical (unpaired) electrons. The molecule has 1 rings (SSSR count). The molecule has 1 saturated heterocycles. The number of hydrogen-bond acceptors (Lipinski definition) is 3. The number of hydrogen-bond donors (Lipinski definition) is 0. The lowest BCUT2D eigenvalue weighted by atomic mass is 10.2. The van der Waals surface area contributed by atoms with Crippen molar-refractivity contribution in [2.75, 3.05) is 19.0 Å². The Kier molecular flexibility index (Phi) is 3.02. The second-order valence-electron chi connectivity index (χ2n) is 4.62. The Bertz CT molecular complexity index is 255. The van der Waals surface area contributed by atoms with Crippen LogP contribution in [0.2, 0.25) is 0 Å². The first-order valence-electron chi connectivity index (χ1n) is 4.63. The van der Waals surface area contributed by atoms with Crippen molar-refractivity contribution < 1.29 is 13.2 Å². The fourth-order valence-electron chi connectivity index (χ4n) is 1.28. The van der Waals surface area contributed by atoms with Crippen molar-refractivity contribution in [1.82, 2.24) is 0 Å². The van der Waals surface area contributed by atoms with E-state index < -0.39 is 14.6 Å². The molecule has 1 fully saturated rings. The summed E-state index contributed by atoms with van der Waals surface area (Å²) in [5.74, 6) is 0.487. The maximum absolute atomic E-state index is 11.8. The smallest absolute Gasteiger partial charge is 0.155 e. The standard InChI is InChI=1S/C9H18O3S/c1-9(2,3)13(10,11)7-8-4-5-12-6-8/h8H,4-7H2,1-3H3. The molecule has 0 aromatic carbocycles. The molecule has 0 bridgehead atoms. The Morgan fingerprint density at radius 1 is 1.38 bits per heavy atom. The quantitative estimate of drug-likeness (QED) is 0.682. The lowest BCUT2D eigenvalue weighted by Crippen LogP contribution is -2.33. The van der Waals surface area contributed by atoms with Crippen LogP contribution in [0.3, 0.4) is 0 Å². The van der Waals surface area contributed by atoms with Crippen molar-refractivity contribution in [2.24, 2.45) is 5.92 Å². The van der Waals surface area contributed by atoms with Gasteiger partial charge in [0, 0.05) is 6.61 Å². The van der Waals surface area contributed by atoms with Crippen molar-refractivity contribution in [3.8, 4) is 0 Å². The minimum atomic E-state index is -2.96. The highest BCUT2D eigenvalue weighted by Gasteiger charge is 2.32. The zero-order chi connectivity index (χ0) is 10.1. The van der Waals surface area contributed by atoms with E-state index in [1.54, 1.807) is 20.8 Å². The lowest BCUT2D eigenvalue weighted by molar-refractivity contribution is 0.188. The van der Waals surface area contributed by atoms with Gasteiger partial charge in [0.15, 0.2) is 9.84 Å². The van der Waals surface area contributed by atoms with E-state index in [1.807, 2.05) is 0 Å².